The van der Waals surface area contributed by atoms with Crippen LogP contribution in [0.4, 0.5) is 4.79 Å². The highest BCUT2D eigenvalue weighted by molar-refractivity contribution is 7.09. The Hall–Kier alpha value is -1.18. The van der Waals surface area contributed by atoms with E-state index in [4.69, 9.17) is 0 Å². The SMILES string of the molecule is CC[C@H](NC(=O)N1CCN(CC(C)(C)O)C[C@@H]1C)c1nccs1. The number of aliphatic hydroxyl groups is 1. The zero-order chi connectivity index (χ0) is 17.0. The van der Waals surface area contributed by atoms with Crippen molar-refractivity contribution in [3.8, 4) is 0 Å². The normalized spacial score (nSPS) is 21.3. The minimum Gasteiger partial charge on any atom is -0.389 e. The van der Waals surface area contributed by atoms with Gasteiger partial charge in [-0.25, -0.2) is 9.78 Å². The molecule has 1 aliphatic rings. The molecule has 7 heteroatoms. The number of amides is 2. The molecule has 1 aromatic rings. The summed E-state index contributed by atoms with van der Waals surface area (Å²) < 4.78 is 0. The molecular formula is C16H28N4O2S. The van der Waals surface area contributed by atoms with Crippen LogP contribution < -0.4 is 5.32 Å². The van der Waals surface area contributed by atoms with Gasteiger partial charge in [-0.2, -0.15) is 0 Å². The van der Waals surface area contributed by atoms with E-state index in [0.29, 0.717) is 13.1 Å². The summed E-state index contributed by atoms with van der Waals surface area (Å²) in [6.07, 6.45) is 2.60. The minimum atomic E-state index is -0.706. The summed E-state index contributed by atoms with van der Waals surface area (Å²) in [4.78, 5) is 21.0. The number of thiazole rings is 1. The van der Waals surface area contributed by atoms with Crippen molar-refractivity contribution in [2.45, 2.75) is 51.8 Å². The van der Waals surface area contributed by atoms with E-state index in [9.17, 15) is 9.90 Å². The Morgan fingerprint density at radius 1 is 1.57 bits per heavy atom. The number of nitrogens with zero attached hydrogens (tertiary/aromatic N) is 3. The van der Waals surface area contributed by atoms with Gasteiger partial charge in [-0.1, -0.05) is 6.92 Å². The molecule has 2 atom stereocenters. The second-order valence-corrected chi connectivity index (χ2v) is 7.80. The van der Waals surface area contributed by atoms with Crippen LogP contribution in [0.15, 0.2) is 11.6 Å². The van der Waals surface area contributed by atoms with Gasteiger partial charge in [-0.3, -0.25) is 4.90 Å². The molecule has 0 spiro atoms. The Morgan fingerprint density at radius 3 is 2.83 bits per heavy atom. The van der Waals surface area contributed by atoms with E-state index in [1.54, 1.807) is 17.5 Å². The van der Waals surface area contributed by atoms with E-state index in [2.05, 4.69) is 29.0 Å². The Bertz CT molecular complexity index is 501. The van der Waals surface area contributed by atoms with Crippen molar-refractivity contribution in [3.63, 3.8) is 0 Å². The molecule has 1 saturated heterocycles. The molecule has 130 valence electrons. The minimum absolute atomic E-state index is 0.0240. The Kier molecular flexibility index (Phi) is 6.00. The number of hydrogen-bond donors (Lipinski definition) is 2. The average Bonchev–Trinajstić information content (AvgIpc) is 2.96. The van der Waals surface area contributed by atoms with Crippen LogP contribution in [0.3, 0.4) is 0 Å². The number of urea groups is 1. The molecule has 0 saturated carbocycles. The lowest BCUT2D eigenvalue weighted by molar-refractivity contribution is 0.0117. The molecule has 0 bridgehead atoms. The molecule has 0 radical (unpaired) electrons. The molecule has 2 amide bonds. The third kappa shape index (κ3) is 5.16. The van der Waals surface area contributed by atoms with Crippen LogP contribution in [0.25, 0.3) is 0 Å². The maximum atomic E-state index is 12.6. The van der Waals surface area contributed by atoms with Gasteiger partial charge in [0.2, 0.25) is 0 Å². The molecule has 0 aromatic carbocycles. The summed E-state index contributed by atoms with van der Waals surface area (Å²) in [5.74, 6) is 0. The average molecular weight is 340 g/mol. The van der Waals surface area contributed by atoms with Crippen LogP contribution in [0.5, 0.6) is 0 Å². The van der Waals surface area contributed by atoms with E-state index in [-0.39, 0.29) is 18.1 Å². The van der Waals surface area contributed by atoms with Crippen LogP contribution in [0.1, 0.15) is 45.2 Å². The summed E-state index contributed by atoms with van der Waals surface area (Å²) in [6.45, 7) is 10.6. The quantitative estimate of drug-likeness (QED) is 0.861. The summed E-state index contributed by atoms with van der Waals surface area (Å²) in [5.41, 5.74) is -0.706. The fourth-order valence-corrected chi connectivity index (χ4v) is 3.78. The van der Waals surface area contributed by atoms with Gasteiger partial charge < -0.3 is 15.3 Å². The maximum absolute atomic E-state index is 12.6. The molecule has 1 fully saturated rings. The number of carbonyl (C=O) groups is 1. The van der Waals surface area contributed by atoms with Crippen molar-refractivity contribution in [2.75, 3.05) is 26.2 Å². The standard InChI is InChI=1S/C16H28N4O2S/c1-5-13(14-17-6-9-23-14)18-15(21)20-8-7-19(10-12(20)2)11-16(3,4)22/h6,9,12-13,22H,5,7-8,10-11H2,1-4H3,(H,18,21)/t12-,13-/m0/s1. The lowest BCUT2D eigenvalue weighted by Gasteiger charge is -2.41. The lowest BCUT2D eigenvalue weighted by atomic mass is 10.1. The molecule has 23 heavy (non-hydrogen) atoms. The van der Waals surface area contributed by atoms with Crippen LogP contribution in [-0.2, 0) is 0 Å². The lowest BCUT2D eigenvalue weighted by Crippen LogP contribution is -2.58. The zero-order valence-electron chi connectivity index (χ0n) is 14.5. The van der Waals surface area contributed by atoms with Crippen molar-refractivity contribution in [3.05, 3.63) is 16.6 Å². The van der Waals surface area contributed by atoms with E-state index in [0.717, 1.165) is 24.5 Å². The third-order valence-corrected chi connectivity index (χ3v) is 4.93. The van der Waals surface area contributed by atoms with Crippen LogP contribution in [-0.4, -0.2) is 63.7 Å². The fourth-order valence-electron chi connectivity index (χ4n) is 3.00. The third-order valence-electron chi connectivity index (χ3n) is 4.04. The first-order valence-electron chi connectivity index (χ1n) is 8.21. The van der Waals surface area contributed by atoms with Gasteiger partial charge in [-0.05, 0) is 27.2 Å². The van der Waals surface area contributed by atoms with E-state index >= 15 is 0 Å². The van der Waals surface area contributed by atoms with Crippen molar-refractivity contribution in [1.82, 2.24) is 20.1 Å². The van der Waals surface area contributed by atoms with Gasteiger partial charge in [0.05, 0.1) is 11.6 Å². The number of hydrogen-bond acceptors (Lipinski definition) is 5. The highest BCUT2D eigenvalue weighted by Crippen LogP contribution is 2.20. The molecule has 1 aromatic heterocycles. The Labute approximate surface area is 142 Å². The van der Waals surface area contributed by atoms with E-state index in [1.807, 2.05) is 24.1 Å². The Morgan fingerprint density at radius 2 is 2.30 bits per heavy atom. The number of rotatable bonds is 5. The molecule has 2 N–H and O–H groups in total. The summed E-state index contributed by atoms with van der Waals surface area (Å²) in [6, 6.07) is 0.0754. The first-order chi connectivity index (χ1) is 10.8. The zero-order valence-corrected chi connectivity index (χ0v) is 15.3. The van der Waals surface area contributed by atoms with Crippen molar-refractivity contribution in [2.24, 2.45) is 0 Å². The Balaban J connectivity index is 1.91. The van der Waals surface area contributed by atoms with Crippen molar-refractivity contribution < 1.29 is 9.90 Å². The number of β-amino-alcohol motifs (C(OH)–C–C–N with tert-alkyl or cyclic N) is 1. The number of aromatic nitrogens is 1. The second-order valence-electron chi connectivity index (χ2n) is 6.87. The van der Waals surface area contributed by atoms with Crippen LogP contribution in [0, 0.1) is 0 Å². The molecule has 2 heterocycles. The van der Waals surface area contributed by atoms with E-state index in [1.165, 1.54) is 0 Å². The smallest absolute Gasteiger partial charge is 0.318 e. The van der Waals surface area contributed by atoms with Crippen molar-refractivity contribution in [1.29, 1.82) is 0 Å². The van der Waals surface area contributed by atoms with Crippen LogP contribution in [0.2, 0.25) is 0 Å². The molecule has 0 unspecified atom stereocenters. The number of piperazine rings is 1. The number of nitrogens with one attached hydrogen (secondary N) is 1. The summed E-state index contributed by atoms with van der Waals surface area (Å²) in [5, 5.41) is 15.9. The van der Waals surface area contributed by atoms with Gasteiger partial charge in [0.25, 0.3) is 0 Å². The molecule has 6 nitrogen and oxygen atoms in total. The monoisotopic (exact) mass is 340 g/mol. The largest absolute Gasteiger partial charge is 0.389 e. The summed E-state index contributed by atoms with van der Waals surface area (Å²) in [7, 11) is 0. The van der Waals surface area contributed by atoms with Gasteiger partial charge in [-0.15, -0.1) is 11.3 Å². The fraction of sp³-hybridized carbons (Fsp3) is 0.750. The first kappa shape index (κ1) is 18.2. The molecule has 2 rings (SSSR count). The molecule has 0 aliphatic carbocycles. The van der Waals surface area contributed by atoms with Gasteiger partial charge in [0, 0.05) is 43.8 Å². The predicted octanol–water partition coefficient (Wildman–Crippen LogP) is 2.08. The van der Waals surface area contributed by atoms with Gasteiger partial charge >= 0.3 is 6.03 Å². The second kappa shape index (κ2) is 7.59. The van der Waals surface area contributed by atoms with Gasteiger partial charge in [0.1, 0.15) is 5.01 Å². The van der Waals surface area contributed by atoms with Crippen molar-refractivity contribution >= 4 is 17.4 Å². The maximum Gasteiger partial charge on any atom is 0.318 e. The first-order valence-corrected chi connectivity index (χ1v) is 9.09. The number of carbonyl (C=O) groups excluding carboxylic acids is 1. The highest BCUT2D eigenvalue weighted by atomic mass is 32.1. The predicted molar refractivity (Wildman–Crippen MR) is 92.6 cm³/mol. The topological polar surface area (TPSA) is 68.7 Å². The van der Waals surface area contributed by atoms with E-state index < -0.39 is 5.60 Å². The van der Waals surface area contributed by atoms with Crippen LogP contribution >= 0.6 is 11.3 Å². The molecule has 1 aliphatic heterocycles. The molecular weight excluding hydrogens is 312 g/mol. The van der Waals surface area contributed by atoms with Gasteiger partial charge in [0.15, 0.2) is 0 Å². The summed E-state index contributed by atoms with van der Waals surface area (Å²) >= 11 is 1.57. The highest BCUT2D eigenvalue weighted by Gasteiger charge is 2.30.